The largest absolute Gasteiger partial charge is 0.493 e. The first-order chi connectivity index (χ1) is 13.6. The number of anilines is 1. The Hall–Kier alpha value is -3.09. The van der Waals surface area contributed by atoms with Crippen molar-refractivity contribution in [2.75, 3.05) is 26.1 Å². The molecule has 1 N–H and O–H groups in total. The molecule has 7 heteroatoms. The van der Waals surface area contributed by atoms with E-state index < -0.39 is 0 Å². The second-order valence-electron chi connectivity index (χ2n) is 6.44. The molecule has 3 aromatic rings. The van der Waals surface area contributed by atoms with Crippen molar-refractivity contribution in [3.8, 4) is 22.9 Å². The zero-order valence-corrected chi connectivity index (χ0v) is 16.9. The van der Waals surface area contributed by atoms with Gasteiger partial charge in [-0.3, -0.25) is 4.68 Å². The fraction of sp³-hybridized carbons (Fsp3) is 0.381. The topological polar surface area (TPSA) is 74.1 Å². The summed E-state index contributed by atoms with van der Waals surface area (Å²) in [6.45, 7) is 5.60. The monoisotopic (exact) mass is 381 g/mol. The van der Waals surface area contributed by atoms with Crippen molar-refractivity contribution >= 4 is 5.82 Å². The van der Waals surface area contributed by atoms with Crippen LogP contribution in [0.4, 0.5) is 5.82 Å². The maximum Gasteiger partial charge on any atom is 0.160 e. The van der Waals surface area contributed by atoms with Gasteiger partial charge in [0.1, 0.15) is 11.6 Å². The Morgan fingerprint density at radius 3 is 2.61 bits per heavy atom. The molecule has 0 saturated heterocycles. The number of methoxy groups -OCH3 is 2. The van der Waals surface area contributed by atoms with Gasteiger partial charge in [0.15, 0.2) is 11.5 Å². The summed E-state index contributed by atoms with van der Waals surface area (Å²) in [4.78, 5) is 9.06. The number of nitrogens with one attached hydrogen (secondary N) is 1. The normalized spacial score (nSPS) is 10.7. The van der Waals surface area contributed by atoms with Gasteiger partial charge in [0.05, 0.1) is 25.6 Å². The minimum atomic E-state index is 0.740. The molecule has 0 saturated carbocycles. The summed E-state index contributed by atoms with van der Waals surface area (Å²) in [5, 5.41) is 7.73. The molecule has 0 atom stereocenters. The van der Waals surface area contributed by atoms with Crippen LogP contribution in [0.3, 0.4) is 0 Å². The van der Waals surface area contributed by atoms with E-state index in [1.165, 1.54) is 5.56 Å². The Bertz CT molecular complexity index is 923. The number of hydrogen-bond acceptors (Lipinski definition) is 6. The highest BCUT2D eigenvalue weighted by atomic mass is 16.5. The van der Waals surface area contributed by atoms with E-state index in [1.807, 2.05) is 35.9 Å². The van der Waals surface area contributed by atoms with E-state index in [9.17, 15) is 0 Å². The number of aryl methyl sites for hydroxylation is 3. The molecule has 0 amide bonds. The number of nitrogens with zero attached hydrogens (tertiary/aromatic N) is 4. The Kier molecular flexibility index (Phi) is 6.47. The van der Waals surface area contributed by atoms with Crippen LogP contribution in [-0.4, -0.2) is 40.5 Å². The van der Waals surface area contributed by atoms with Crippen LogP contribution >= 0.6 is 0 Å². The van der Waals surface area contributed by atoms with E-state index in [0.717, 1.165) is 60.5 Å². The molecule has 0 aliphatic heterocycles. The van der Waals surface area contributed by atoms with Crippen LogP contribution < -0.4 is 14.8 Å². The summed E-state index contributed by atoms with van der Waals surface area (Å²) >= 11 is 0. The van der Waals surface area contributed by atoms with Crippen LogP contribution in [0.2, 0.25) is 0 Å². The molecule has 0 radical (unpaired) electrons. The molecule has 148 valence electrons. The highest BCUT2D eigenvalue weighted by Crippen LogP contribution is 2.28. The molecular weight excluding hydrogens is 354 g/mol. The molecule has 0 unspecified atom stereocenters. The Labute approximate surface area is 165 Å². The molecular formula is C21H27N5O2. The maximum absolute atomic E-state index is 5.37. The van der Waals surface area contributed by atoms with E-state index in [4.69, 9.17) is 9.47 Å². The van der Waals surface area contributed by atoms with Gasteiger partial charge >= 0.3 is 0 Å². The van der Waals surface area contributed by atoms with Crippen LogP contribution in [0.1, 0.15) is 24.7 Å². The van der Waals surface area contributed by atoms with Gasteiger partial charge in [0, 0.05) is 25.4 Å². The molecule has 0 bridgehead atoms. The maximum atomic E-state index is 5.37. The molecule has 0 spiro atoms. The third-order valence-corrected chi connectivity index (χ3v) is 4.51. The molecule has 0 aliphatic carbocycles. The zero-order valence-electron chi connectivity index (χ0n) is 16.9. The van der Waals surface area contributed by atoms with Gasteiger partial charge in [-0.25, -0.2) is 9.97 Å². The molecule has 28 heavy (non-hydrogen) atoms. The fourth-order valence-electron chi connectivity index (χ4n) is 3.14. The van der Waals surface area contributed by atoms with E-state index >= 15 is 0 Å². The standard InChI is InChI=1S/C21H27N5O2/c1-5-26-18(10-12-23-26)17-14-21(25-15(2)24-17)22-11-6-7-16-8-9-19(27-3)20(13-16)28-4/h8-10,12-14H,5-7,11H2,1-4H3,(H,22,24,25). The minimum Gasteiger partial charge on any atom is -0.493 e. The SMILES string of the molecule is CCn1nccc1-c1cc(NCCCc2ccc(OC)c(OC)c2)nc(C)n1. The van der Waals surface area contributed by atoms with E-state index in [-0.39, 0.29) is 0 Å². The van der Waals surface area contributed by atoms with Crippen molar-refractivity contribution in [3.05, 3.63) is 47.9 Å². The second-order valence-corrected chi connectivity index (χ2v) is 6.44. The van der Waals surface area contributed by atoms with Crippen LogP contribution in [0.15, 0.2) is 36.5 Å². The highest BCUT2D eigenvalue weighted by Gasteiger charge is 2.09. The Balaban J connectivity index is 1.61. The molecule has 2 heterocycles. The van der Waals surface area contributed by atoms with Crippen molar-refractivity contribution in [2.45, 2.75) is 33.2 Å². The van der Waals surface area contributed by atoms with Crippen molar-refractivity contribution in [1.82, 2.24) is 19.7 Å². The number of hydrogen-bond donors (Lipinski definition) is 1. The van der Waals surface area contributed by atoms with Crippen molar-refractivity contribution in [2.24, 2.45) is 0 Å². The molecule has 3 rings (SSSR count). The van der Waals surface area contributed by atoms with Gasteiger partial charge in [-0.1, -0.05) is 6.07 Å². The van der Waals surface area contributed by atoms with Crippen LogP contribution in [-0.2, 0) is 13.0 Å². The minimum absolute atomic E-state index is 0.740. The smallest absolute Gasteiger partial charge is 0.160 e. The third-order valence-electron chi connectivity index (χ3n) is 4.51. The summed E-state index contributed by atoms with van der Waals surface area (Å²) in [5.41, 5.74) is 3.10. The number of aromatic nitrogens is 4. The lowest BCUT2D eigenvalue weighted by atomic mass is 10.1. The second kappa shape index (κ2) is 9.21. The van der Waals surface area contributed by atoms with Crippen molar-refractivity contribution < 1.29 is 9.47 Å². The van der Waals surface area contributed by atoms with Crippen LogP contribution in [0.25, 0.3) is 11.4 Å². The average molecular weight is 381 g/mol. The molecule has 7 nitrogen and oxygen atoms in total. The fourth-order valence-corrected chi connectivity index (χ4v) is 3.14. The summed E-state index contributed by atoms with van der Waals surface area (Å²) in [5.74, 6) is 3.08. The highest BCUT2D eigenvalue weighted by molar-refractivity contribution is 5.58. The first kappa shape index (κ1) is 19.7. The van der Waals surface area contributed by atoms with Crippen LogP contribution in [0, 0.1) is 6.92 Å². The molecule has 2 aromatic heterocycles. The first-order valence-electron chi connectivity index (χ1n) is 9.47. The van der Waals surface area contributed by atoms with Gasteiger partial charge in [0.25, 0.3) is 0 Å². The van der Waals surface area contributed by atoms with Gasteiger partial charge in [-0.15, -0.1) is 0 Å². The number of ether oxygens (including phenoxy) is 2. The number of rotatable bonds is 9. The molecule has 0 aliphatic rings. The zero-order chi connectivity index (χ0) is 19.9. The quantitative estimate of drug-likeness (QED) is 0.569. The summed E-state index contributed by atoms with van der Waals surface area (Å²) in [7, 11) is 3.30. The lowest BCUT2D eigenvalue weighted by Crippen LogP contribution is -2.07. The third kappa shape index (κ3) is 4.60. The summed E-state index contributed by atoms with van der Waals surface area (Å²) in [6.07, 6.45) is 3.71. The predicted molar refractivity (Wildman–Crippen MR) is 110 cm³/mol. The van der Waals surface area contributed by atoms with Gasteiger partial charge < -0.3 is 14.8 Å². The van der Waals surface area contributed by atoms with Gasteiger partial charge in [-0.05, 0) is 50.5 Å². The Morgan fingerprint density at radius 2 is 1.86 bits per heavy atom. The van der Waals surface area contributed by atoms with E-state index in [1.54, 1.807) is 20.4 Å². The first-order valence-corrected chi connectivity index (χ1v) is 9.47. The predicted octanol–water partition coefficient (Wildman–Crippen LogP) is 3.73. The lowest BCUT2D eigenvalue weighted by molar-refractivity contribution is 0.354. The lowest BCUT2D eigenvalue weighted by Gasteiger charge is -2.11. The van der Waals surface area contributed by atoms with Gasteiger partial charge in [-0.2, -0.15) is 5.10 Å². The number of benzene rings is 1. The van der Waals surface area contributed by atoms with Crippen molar-refractivity contribution in [1.29, 1.82) is 0 Å². The average Bonchev–Trinajstić information content (AvgIpc) is 3.19. The summed E-state index contributed by atoms with van der Waals surface area (Å²) < 4.78 is 12.6. The Morgan fingerprint density at radius 1 is 1.04 bits per heavy atom. The molecule has 0 fully saturated rings. The summed E-state index contributed by atoms with van der Waals surface area (Å²) in [6, 6.07) is 10.00. The molecule has 1 aromatic carbocycles. The van der Waals surface area contributed by atoms with Crippen LogP contribution in [0.5, 0.6) is 11.5 Å². The van der Waals surface area contributed by atoms with E-state index in [2.05, 4.69) is 33.4 Å². The van der Waals surface area contributed by atoms with E-state index in [0.29, 0.717) is 0 Å². The van der Waals surface area contributed by atoms with Gasteiger partial charge in [0.2, 0.25) is 0 Å². The van der Waals surface area contributed by atoms with Crippen molar-refractivity contribution in [3.63, 3.8) is 0 Å².